The molecule has 2 aliphatic rings. The van der Waals surface area contributed by atoms with E-state index < -0.39 is 30.0 Å². The monoisotopic (exact) mass is 311 g/mol. The highest BCUT2D eigenvalue weighted by molar-refractivity contribution is 7.99. The molecule has 8 heteroatoms. The SMILES string of the molecule is O=C(O)C1CSCN1C(=O)C1CCC(C(F)(F)F)CC1. The number of halogens is 3. The van der Waals surface area contributed by atoms with Crippen molar-refractivity contribution in [1.82, 2.24) is 4.90 Å². The van der Waals surface area contributed by atoms with Gasteiger partial charge in [-0.3, -0.25) is 4.79 Å². The van der Waals surface area contributed by atoms with Crippen LogP contribution >= 0.6 is 11.8 Å². The van der Waals surface area contributed by atoms with Crippen LogP contribution in [0.1, 0.15) is 25.7 Å². The molecule has 0 aromatic rings. The zero-order valence-electron chi connectivity index (χ0n) is 10.7. The molecule has 1 aliphatic heterocycles. The molecular weight excluding hydrogens is 295 g/mol. The van der Waals surface area contributed by atoms with Crippen LogP contribution in [0.15, 0.2) is 0 Å². The molecule has 0 bridgehead atoms. The molecule has 2 rings (SSSR count). The maximum atomic E-state index is 12.6. The van der Waals surface area contributed by atoms with Crippen molar-refractivity contribution < 1.29 is 27.9 Å². The van der Waals surface area contributed by atoms with E-state index >= 15 is 0 Å². The lowest BCUT2D eigenvalue weighted by molar-refractivity contribution is -0.185. The van der Waals surface area contributed by atoms with Gasteiger partial charge in [-0.2, -0.15) is 13.2 Å². The lowest BCUT2D eigenvalue weighted by Crippen LogP contribution is -2.45. The summed E-state index contributed by atoms with van der Waals surface area (Å²) in [5.74, 6) is -2.48. The number of thioether (sulfide) groups is 1. The normalized spacial score (nSPS) is 31.4. The number of alkyl halides is 3. The van der Waals surface area contributed by atoms with E-state index in [1.807, 2.05) is 0 Å². The number of hydrogen-bond acceptors (Lipinski definition) is 3. The van der Waals surface area contributed by atoms with E-state index in [1.54, 1.807) is 0 Å². The van der Waals surface area contributed by atoms with Crippen LogP contribution in [0, 0.1) is 11.8 Å². The standard InChI is InChI=1S/C12H16F3NO3S/c13-12(14,15)8-3-1-7(2-4-8)10(17)16-6-20-5-9(16)11(18)19/h7-9H,1-6H2,(H,18,19). The van der Waals surface area contributed by atoms with Gasteiger partial charge in [0.15, 0.2) is 0 Å². The minimum absolute atomic E-state index is 0.0430. The van der Waals surface area contributed by atoms with Gasteiger partial charge in [0, 0.05) is 11.7 Å². The Morgan fingerprint density at radius 2 is 1.75 bits per heavy atom. The van der Waals surface area contributed by atoms with Gasteiger partial charge in [-0.25, -0.2) is 4.79 Å². The van der Waals surface area contributed by atoms with Crippen molar-refractivity contribution >= 4 is 23.6 Å². The Hall–Kier alpha value is -0.920. The second-order valence-electron chi connectivity index (χ2n) is 5.25. The topological polar surface area (TPSA) is 57.6 Å². The van der Waals surface area contributed by atoms with E-state index in [2.05, 4.69) is 0 Å². The van der Waals surface area contributed by atoms with E-state index in [9.17, 15) is 22.8 Å². The highest BCUT2D eigenvalue weighted by Crippen LogP contribution is 2.40. The number of hydrogen-bond donors (Lipinski definition) is 1. The second kappa shape index (κ2) is 5.83. The average Bonchev–Trinajstić information content (AvgIpc) is 2.86. The van der Waals surface area contributed by atoms with E-state index in [1.165, 1.54) is 16.7 Å². The molecule has 1 amide bonds. The molecule has 4 nitrogen and oxygen atoms in total. The quantitative estimate of drug-likeness (QED) is 0.850. The Morgan fingerprint density at radius 1 is 1.15 bits per heavy atom. The Balaban J connectivity index is 1.93. The Kier molecular flexibility index (Phi) is 4.51. The molecule has 20 heavy (non-hydrogen) atoms. The number of aliphatic carboxylic acids is 1. The minimum atomic E-state index is -4.19. The van der Waals surface area contributed by atoms with Gasteiger partial charge in [0.05, 0.1) is 11.8 Å². The first-order valence-corrected chi connectivity index (χ1v) is 7.64. The third-order valence-corrected chi connectivity index (χ3v) is 5.00. The fourth-order valence-electron chi connectivity index (χ4n) is 2.77. The third kappa shape index (κ3) is 3.21. The lowest BCUT2D eigenvalue weighted by atomic mass is 9.81. The van der Waals surface area contributed by atoms with Crippen molar-refractivity contribution in [2.75, 3.05) is 11.6 Å². The van der Waals surface area contributed by atoms with Crippen molar-refractivity contribution in [3.05, 3.63) is 0 Å². The van der Waals surface area contributed by atoms with E-state index in [0.29, 0.717) is 11.6 Å². The summed E-state index contributed by atoms with van der Waals surface area (Å²) in [6.07, 6.45) is -3.90. The number of amides is 1. The molecule has 0 spiro atoms. The number of carboxylic acids is 1. The molecular formula is C12H16F3NO3S. The van der Waals surface area contributed by atoms with E-state index in [4.69, 9.17) is 5.11 Å². The highest BCUT2D eigenvalue weighted by atomic mass is 32.2. The molecule has 0 aromatic heterocycles. The summed E-state index contributed by atoms with van der Waals surface area (Å²) in [7, 11) is 0. The second-order valence-corrected chi connectivity index (χ2v) is 6.25. The Bertz CT molecular complexity index is 394. The summed E-state index contributed by atoms with van der Waals surface area (Å²) in [4.78, 5) is 24.6. The first-order chi connectivity index (χ1) is 9.30. The van der Waals surface area contributed by atoms with Crippen LogP contribution in [0.2, 0.25) is 0 Å². The number of carboxylic acid groups (broad SMARTS) is 1. The molecule has 1 aliphatic carbocycles. The summed E-state index contributed by atoms with van der Waals surface area (Å²) >= 11 is 1.36. The molecule has 1 atom stereocenters. The highest BCUT2D eigenvalue weighted by Gasteiger charge is 2.44. The molecule has 0 aromatic carbocycles. The van der Waals surface area contributed by atoms with Gasteiger partial charge >= 0.3 is 12.1 Å². The smallest absolute Gasteiger partial charge is 0.391 e. The minimum Gasteiger partial charge on any atom is -0.480 e. The predicted octanol–water partition coefficient (Wildman–Crippen LogP) is 2.34. The van der Waals surface area contributed by atoms with Crippen molar-refractivity contribution in [2.24, 2.45) is 11.8 Å². The third-order valence-electron chi connectivity index (χ3n) is 3.99. The predicted molar refractivity (Wildman–Crippen MR) is 67.1 cm³/mol. The molecule has 0 radical (unpaired) electrons. The fourth-order valence-corrected chi connectivity index (χ4v) is 3.92. The fraction of sp³-hybridized carbons (Fsp3) is 0.833. The number of carbonyl (C=O) groups excluding carboxylic acids is 1. The van der Waals surface area contributed by atoms with Crippen LogP contribution < -0.4 is 0 Å². The van der Waals surface area contributed by atoms with Crippen LogP contribution in [-0.2, 0) is 9.59 Å². The zero-order valence-corrected chi connectivity index (χ0v) is 11.5. The maximum absolute atomic E-state index is 12.6. The summed E-state index contributed by atoms with van der Waals surface area (Å²) in [6.45, 7) is 0. The zero-order chi connectivity index (χ0) is 14.9. The van der Waals surface area contributed by atoms with Crippen LogP contribution in [0.5, 0.6) is 0 Å². The Morgan fingerprint density at radius 3 is 2.25 bits per heavy atom. The van der Waals surface area contributed by atoms with Gasteiger partial charge in [0.25, 0.3) is 0 Å². The van der Waals surface area contributed by atoms with Crippen molar-refractivity contribution in [3.8, 4) is 0 Å². The molecule has 114 valence electrons. The number of rotatable bonds is 2. The summed E-state index contributed by atoms with van der Waals surface area (Å²) in [6, 6.07) is -0.840. The van der Waals surface area contributed by atoms with Gasteiger partial charge < -0.3 is 10.0 Å². The molecule has 1 heterocycles. The maximum Gasteiger partial charge on any atom is 0.391 e. The van der Waals surface area contributed by atoms with Gasteiger partial charge in [-0.15, -0.1) is 11.8 Å². The first-order valence-electron chi connectivity index (χ1n) is 6.48. The number of carbonyl (C=O) groups is 2. The summed E-state index contributed by atoms with van der Waals surface area (Å²) in [5, 5.41) is 9.02. The molecule has 1 saturated heterocycles. The summed E-state index contributed by atoms with van der Waals surface area (Å²) in [5.41, 5.74) is 0. The van der Waals surface area contributed by atoms with Crippen molar-refractivity contribution in [1.29, 1.82) is 0 Å². The van der Waals surface area contributed by atoms with Gasteiger partial charge in [-0.1, -0.05) is 0 Å². The van der Waals surface area contributed by atoms with Crippen LogP contribution in [0.3, 0.4) is 0 Å². The molecule has 1 N–H and O–H groups in total. The number of nitrogens with zero attached hydrogens (tertiary/aromatic N) is 1. The Labute approximate surface area is 118 Å². The van der Waals surface area contributed by atoms with Crippen LogP contribution in [0.4, 0.5) is 13.2 Å². The van der Waals surface area contributed by atoms with Crippen molar-refractivity contribution in [3.63, 3.8) is 0 Å². The largest absolute Gasteiger partial charge is 0.480 e. The van der Waals surface area contributed by atoms with Gasteiger partial charge in [0.2, 0.25) is 5.91 Å². The lowest BCUT2D eigenvalue weighted by Gasteiger charge is -2.32. The molecule has 2 fully saturated rings. The first kappa shape index (κ1) is 15.5. The van der Waals surface area contributed by atoms with Crippen LogP contribution in [0.25, 0.3) is 0 Å². The average molecular weight is 311 g/mol. The van der Waals surface area contributed by atoms with E-state index in [0.717, 1.165) is 0 Å². The van der Waals surface area contributed by atoms with Gasteiger partial charge in [0.1, 0.15) is 6.04 Å². The molecule has 1 unspecified atom stereocenters. The van der Waals surface area contributed by atoms with Crippen LogP contribution in [-0.4, -0.2) is 45.7 Å². The van der Waals surface area contributed by atoms with E-state index in [-0.39, 0.29) is 31.6 Å². The van der Waals surface area contributed by atoms with Crippen molar-refractivity contribution in [2.45, 2.75) is 37.9 Å². The van der Waals surface area contributed by atoms with Gasteiger partial charge in [-0.05, 0) is 25.7 Å². The molecule has 1 saturated carbocycles. The summed E-state index contributed by atoms with van der Waals surface area (Å²) < 4.78 is 37.7.